The van der Waals surface area contributed by atoms with Crippen LogP contribution in [-0.4, -0.2) is 35.7 Å². The van der Waals surface area contributed by atoms with Crippen molar-refractivity contribution in [2.24, 2.45) is 5.92 Å². The molecule has 0 radical (unpaired) electrons. The second kappa shape index (κ2) is 8.57. The van der Waals surface area contributed by atoms with Crippen molar-refractivity contribution in [3.63, 3.8) is 0 Å². The van der Waals surface area contributed by atoms with Gasteiger partial charge in [0.1, 0.15) is 0 Å². The first-order valence-electron chi connectivity index (χ1n) is 8.18. The number of hydrogen-bond donors (Lipinski definition) is 3. The van der Waals surface area contributed by atoms with Crippen molar-refractivity contribution in [1.29, 1.82) is 0 Å². The summed E-state index contributed by atoms with van der Waals surface area (Å²) >= 11 is 0. The minimum atomic E-state index is -0.130. The van der Waals surface area contributed by atoms with E-state index >= 15 is 0 Å². The molecule has 0 spiro atoms. The highest BCUT2D eigenvalue weighted by molar-refractivity contribution is 5.97. The summed E-state index contributed by atoms with van der Waals surface area (Å²) in [6.45, 7) is 4.65. The predicted octanol–water partition coefficient (Wildman–Crippen LogP) is 2.21. The van der Waals surface area contributed by atoms with Crippen LogP contribution in [0.15, 0.2) is 42.6 Å². The Morgan fingerprint density at radius 2 is 2.00 bits per heavy atom. The molecule has 2 aromatic rings. The molecule has 1 heterocycles. The maximum absolute atomic E-state index is 12.3. The summed E-state index contributed by atoms with van der Waals surface area (Å²) in [5.74, 6) is 0.162. The van der Waals surface area contributed by atoms with E-state index in [1.807, 2.05) is 36.4 Å². The molecule has 0 aliphatic rings. The molecular weight excluding hydrogens is 302 g/mol. The second-order valence-corrected chi connectivity index (χ2v) is 6.04. The number of rotatable bonds is 7. The van der Waals surface area contributed by atoms with Crippen LogP contribution in [0.25, 0.3) is 11.3 Å². The minimum Gasteiger partial charge on any atom is -0.395 e. The van der Waals surface area contributed by atoms with Crippen LogP contribution in [-0.2, 0) is 6.54 Å². The lowest BCUT2D eigenvalue weighted by molar-refractivity contribution is 0.0962. The lowest BCUT2D eigenvalue weighted by Crippen LogP contribution is -2.37. The molecular formula is C19H25N3O2. The average molecular weight is 327 g/mol. The van der Waals surface area contributed by atoms with E-state index in [4.69, 9.17) is 0 Å². The number of benzene rings is 1. The van der Waals surface area contributed by atoms with Crippen molar-refractivity contribution in [3.8, 4) is 11.3 Å². The zero-order valence-electron chi connectivity index (χ0n) is 14.4. The first-order chi connectivity index (χ1) is 11.6. The van der Waals surface area contributed by atoms with Gasteiger partial charge in [-0.25, -0.2) is 0 Å². The van der Waals surface area contributed by atoms with E-state index in [1.165, 1.54) is 0 Å². The first kappa shape index (κ1) is 18.1. The third kappa shape index (κ3) is 4.19. The molecule has 1 amide bonds. The molecule has 5 heteroatoms. The first-order valence-corrected chi connectivity index (χ1v) is 8.18. The van der Waals surface area contributed by atoms with Gasteiger partial charge in [-0.05, 0) is 29.7 Å². The summed E-state index contributed by atoms with van der Waals surface area (Å²) in [5.41, 5.74) is 3.25. The molecule has 0 saturated carbocycles. The van der Waals surface area contributed by atoms with Crippen LogP contribution in [0.3, 0.4) is 0 Å². The van der Waals surface area contributed by atoms with Gasteiger partial charge < -0.3 is 15.7 Å². The van der Waals surface area contributed by atoms with Gasteiger partial charge in [0.15, 0.2) is 0 Å². The maximum Gasteiger partial charge on any atom is 0.251 e. The summed E-state index contributed by atoms with van der Waals surface area (Å²) in [6.07, 6.45) is 1.74. The van der Waals surface area contributed by atoms with Gasteiger partial charge in [0.05, 0.1) is 12.3 Å². The van der Waals surface area contributed by atoms with Gasteiger partial charge in [0, 0.05) is 37.0 Å². The fourth-order valence-electron chi connectivity index (χ4n) is 2.63. The second-order valence-electron chi connectivity index (χ2n) is 6.04. The Hall–Kier alpha value is -2.24. The van der Waals surface area contributed by atoms with Crippen LogP contribution in [0.5, 0.6) is 0 Å². The Balaban J connectivity index is 2.43. The maximum atomic E-state index is 12.3. The molecule has 128 valence electrons. The van der Waals surface area contributed by atoms with Crippen molar-refractivity contribution in [2.45, 2.75) is 26.4 Å². The van der Waals surface area contributed by atoms with Gasteiger partial charge in [0.2, 0.25) is 0 Å². The molecule has 24 heavy (non-hydrogen) atoms. The smallest absolute Gasteiger partial charge is 0.251 e. The molecule has 0 saturated heterocycles. The number of pyridine rings is 1. The highest BCUT2D eigenvalue weighted by atomic mass is 16.3. The lowest BCUT2D eigenvalue weighted by Gasteiger charge is -2.22. The third-order valence-electron chi connectivity index (χ3n) is 4.13. The van der Waals surface area contributed by atoms with Gasteiger partial charge in [-0.2, -0.15) is 0 Å². The lowest BCUT2D eigenvalue weighted by atomic mass is 9.96. The number of amides is 1. The van der Waals surface area contributed by atoms with Crippen molar-refractivity contribution in [2.75, 3.05) is 13.7 Å². The summed E-state index contributed by atoms with van der Waals surface area (Å²) in [6, 6.07) is 11.3. The molecule has 3 N–H and O–H groups in total. The van der Waals surface area contributed by atoms with Crippen LogP contribution in [0.4, 0.5) is 0 Å². The molecule has 1 aromatic heterocycles. The Morgan fingerprint density at radius 3 is 2.58 bits per heavy atom. The molecule has 0 unspecified atom stereocenters. The number of nitrogens with one attached hydrogen (secondary N) is 2. The van der Waals surface area contributed by atoms with Crippen LogP contribution in [0.2, 0.25) is 0 Å². The van der Waals surface area contributed by atoms with E-state index in [0.717, 1.165) is 16.8 Å². The largest absolute Gasteiger partial charge is 0.395 e. The van der Waals surface area contributed by atoms with E-state index in [0.29, 0.717) is 18.0 Å². The van der Waals surface area contributed by atoms with Crippen LogP contribution in [0, 0.1) is 5.92 Å². The highest BCUT2D eigenvalue weighted by Gasteiger charge is 2.18. The van der Waals surface area contributed by atoms with Crippen LogP contribution >= 0.6 is 0 Å². The molecule has 2 rings (SSSR count). The van der Waals surface area contributed by atoms with Crippen molar-refractivity contribution in [3.05, 3.63) is 53.7 Å². The van der Waals surface area contributed by atoms with Gasteiger partial charge in [-0.1, -0.05) is 32.0 Å². The molecule has 0 aliphatic heterocycles. The van der Waals surface area contributed by atoms with Crippen molar-refractivity contribution in [1.82, 2.24) is 15.6 Å². The van der Waals surface area contributed by atoms with Gasteiger partial charge in [-0.15, -0.1) is 0 Å². The predicted molar refractivity (Wildman–Crippen MR) is 95.6 cm³/mol. The average Bonchev–Trinajstić information content (AvgIpc) is 2.62. The SMILES string of the molecule is CNC(=O)c1cccc(-c2ccccn2)c1CN[C@@H](CO)C(C)C. The van der Waals surface area contributed by atoms with Crippen molar-refractivity contribution < 1.29 is 9.90 Å². The van der Waals surface area contributed by atoms with Gasteiger partial charge in [-0.3, -0.25) is 9.78 Å². The number of nitrogens with zero attached hydrogens (tertiary/aromatic N) is 1. The fraction of sp³-hybridized carbons (Fsp3) is 0.368. The summed E-state index contributed by atoms with van der Waals surface area (Å²) in [7, 11) is 1.62. The van der Waals surface area contributed by atoms with Crippen LogP contribution in [0.1, 0.15) is 29.8 Å². The highest BCUT2D eigenvalue weighted by Crippen LogP contribution is 2.25. The quantitative estimate of drug-likeness (QED) is 0.729. The standard InChI is InChI=1S/C19H25N3O2/c1-13(2)18(12-23)22-11-16-14(17-9-4-5-10-21-17)7-6-8-15(16)19(24)20-3/h4-10,13,18,22-23H,11-12H2,1-3H3,(H,20,24)/t18-/m0/s1. The zero-order valence-corrected chi connectivity index (χ0v) is 14.4. The van der Waals surface area contributed by atoms with Crippen molar-refractivity contribution >= 4 is 5.91 Å². The number of carbonyl (C=O) groups is 1. The third-order valence-corrected chi connectivity index (χ3v) is 4.13. The normalized spacial score (nSPS) is 12.2. The Kier molecular flexibility index (Phi) is 6.46. The Morgan fingerprint density at radius 1 is 1.21 bits per heavy atom. The molecule has 1 aromatic carbocycles. The number of hydrogen-bond acceptors (Lipinski definition) is 4. The number of aromatic nitrogens is 1. The monoisotopic (exact) mass is 327 g/mol. The molecule has 0 bridgehead atoms. The van der Waals surface area contributed by atoms with E-state index in [2.05, 4.69) is 29.5 Å². The number of aliphatic hydroxyl groups is 1. The summed E-state index contributed by atoms with van der Waals surface area (Å²) in [4.78, 5) is 16.7. The topological polar surface area (TPSA) is 74.2 Å². The molecule has 5 nitrogen and oxygen atoms in total. The summed E-state index contributed by atoms with van der Waals surface area (Å²) < 4.78 is 0. The number of carbonyl (C=O) groups excluding carboxylic acids is 1. The number of aliphatic hydroxyl groups excluding tert-OH is 1. The van der Waals surface area contributed by atoms with Gasteiger partial charge in [0.25, 0.3) is 5.91 Å². The minimum absolute atomic E-state index is 0.0284. The van der Waals surface area contributed by atoms with Gasteiger partial charge >= 0.3 is 0 Å². The van der Waals surface area contributed by atoms with E-state index < -0.39 is 0 Å². The molecule has 1 atom stereocenters. The van der Waals surface area contributed by atoms with E-state index in [9.17, 15) is 9.90 Å². The Bertz CT molecular complexity index is 672. The Labute approximate surface area is 143 Å². The molecule has 0 fully saturated rings. The van der Waals surface area contributed by atoms with Crippen LogP contribution < -0.4 is 10.6 Å². The van der Waals surface area contributed by atoms with E-state index in [1.54, 1.807) is 13.2 Å². The van der Waals surface area contributed by atoms with E-state index in [-0.39, 0.29) is 18.6 Å². The zero-order chi connectivity index (χ0) is 17.5. The molecule has 0 aliphatic carbocycles. The fourth-order valence-corrected chi connectivity index (χ4v) is 2.63. The summed E-state index contributed by atoms with van der Waals surface area (Å²) in [5, 5.41) is 15.6.